The summed E-state index contributed by atoms with van der Waals surface area (Å²) in [5.41, 5.74) is 2.01. The zero-order valence-corrected chi connectivity index (χ0v) is 37.7. The molecule has 5 aromatic rings. The Hall–Kier alpha value is -3.44. The van der Waals surface area contributed by atoms with Crippen LogP contribution < -0.4 is 19.3 Å². The Labute approximate surface area is 357 Å². The number of benzene rings is 5. The van der Waals surface area contributed by atoms with E-state index < -0.39 is 21.8 Å². The first kappa shape index (κ1) is 44.3. The van der Waals surface area contributed by atoms with Crippen molar-refractivity contribution < 1.29 is 42.4 Å². The third kappa shape index (κ3) is 11.1. The van der Waals surface area contributed by atoms with Crippen LogP contribution >= 0.6 is 75.3 Å². The molecule has 0 bridgehead atoms. The van der Waals surface area contributed by atoms with E-state index in [0.717, 1.165) is 16.9 Å². The number of hydrogen-bond acceptors (Lipinski definition) is 8. The van der Waals surface area contributed by atoms with Crippen LogP contribution in [0.3, 0.4) is 0 Å². The van der Waals surface area contributed by atoms with Crippen LogP contribution in [0, 0.1) is 0 Å². The quantitative estimate of drug-likeness (QED) is 0.109. The standard InChI is InChI=1S/C22H18Br2ClNO5S.C17H16Br2O4/c1-11(2)15-10-14(4-5-19(15)27)31-22-17(23)7-12(8-18(22)24)21(28)16-9-13(25)3-6-20(16)32(26,29)30;1-9(2)12-8-11(4-5-15(12)22-3)23-16-13(18)6-10(17(20)21)7-14(16)19/h3-11,27H,1-2H3,(H2,26,29,30);4-9H,1-3H3,(H,20,21). The summed E-state index contributed by atoms with van der Waals surface area (Å²) in [6.45, 7) is 8.07. The monoisotopic (exact) mass is 1040 g/mol. The first-order chi connectivity index (χ1) is 25.7. The molecule has 0 aromatic heterocycles. The van der Waals surface area contributed by atoms with Gasteiger partial charge in [0.1, 0.15) is 23.0 Å². The number of carbonyl (C=O) groups excluding carboxylic acids is 1. The number of nitrogens with two attached hydrogens (primary N) is 1. The average molecular weight is 1050 g/mol. The number of hydrogen-bond donors (Lipinski definition) is 3. The molecule has 0 heterocycles. The molecule has 0 fully saturated rings. The summed E-state index contributed by atoms with van der Waals surface area (Å²) in [6.07, 6.45) is 0. The number of phenolic OH excluding ortho intramolecular Hbond substituents is 1. The van der Waals surface area contributed by atoms with E-state index in [1.165, 1.54) is 42.5 Å². The fourth-order valence-corrected chi connectivity index (χ4v) is 8.76. The molecule has 5 aromatic carbocycles. The highest BCUT2D eigenvalue weighted by molar-refractivity contribution is 9.11. The van der Waals surface area contributed by atoms with Crippen LogP contribution in [0.4, 0.5) is 0 Å². The van der Waals surface area contributed by atoms with E-state index in [2.05, 4.69) is 77.6 Å². The lowest BCUT2D eigenvalue weighted by Crippen LogP contribution is -2.17. The Morgan fingerprint density at radius 1 is 0.709 bits per heavy atom. The summed E-state index contributed by atoms with van der Waals surface area (Å²) in [7, 11) is -2.50. The van der Waals surface area contributed by atoms with E-state index >= 15 is 0 Å². The van der Waals surface area contributed by atoms with Gasteiger partial charge in [-0.1, -0.05) is 39.3 Å². The molecule has 55 heavy (non-hydrogen) atoms. The highest BCUT2D eigenvalue weighted by Gasteiger charge is 2.23. The zero-order valence-electron chi connectivity index (χ0n) is 29.8. The van der Waals surface area contributed by atoms with Gasteiger partial charge in [0, 0.05) is 27.3 Å². The molecule has 0 radical (unpaired) electrons. The SMILES string of the molecule is CC(C)c1cc(Oc2c(Br)cc(C(=O)c3cc(Cl)ccc3S(N)(=O)=O)cc2Br)ccc1O.COc1ccc(Oc2c(Br)cc(C(=O)O)cc2Br)cc1C(C)C. The van der Waals surface area contributed by atoms with Gasteiger partial charge in [-0.2, -0.15) is 0 Å². The normalized spacial score (nSPS) is 11.2. The topological polar surface area (TPSA) is 162 Å². The molecule has 0 spiro atoms. The molecular weight excluding hydrogens is 1010 g/mol. The van der Waals surface area contributed by atoms with Crippen molar-refractivity contribution in [3.8, 4) is 34.5 Å². The summed E-state index contributed by atoms with van der Waals surface area (Å²) < 4.78 is 43.1. The number of phenols is 1. The van der Waals surface area contributed by atoms with Gasteiger partial charge < -0.3 is 24.4 Å². The lowest BCUT2D eigenvalue weighted by atomic mass is 10.0. The summed E-state index contributed by atoms with van der Waals surface area (Å²) in [5, 5.41) is 24.5. The maximum absolute atomic E-state index is 13.1. The number of ether oxygens (including phenoxy) is 3. The number of methoxy groups -OCH3 is 1. The van der Waals surface area contributed by atoms with E-state index in [1.807, 2.05) is 32.0 Å². The van der Waals surface area contributed by atoms with E-state index in [4.69, 9.17) is 36.1 Å². The van der Waals surface area contributed by atoms with Crippen molar-refractivity contribution in [1.29, 1.82) is 0 Å². The first-order valence-corrected chi connectivity index (χ1v) is 21.3. The molecule has 16 heteroatoms. The molecule has 0 aliphatic heterocycles. The minimum atomic E-state index is -4.14. The summed E-state index contributed by atoms with van der Waals surface area (Å²) in [6, 6.07) is 20.4. The second kappa shape index (κ2) is 18.7. The fourth-order valence-electron chi connectivity index (χ4n) is 5.17. The van der Waals surface area contributed by atoms with Gasteiger partial charge in [-0.15, -0.1) is 0 Å². The van der Waals surface area contributed by atoms with Crippen molar-refractivity contribution in [2.24, 2.45) is 5.14 Å². The van der Waals surface area contributed by atoms with Crippen LogP contribution in [0.15, 0.2) is 102 Å². The Bertz CT molecular complexity index is 2340. The fraction of sp³-hybridized carbons (Fsp3) is 0.179. The van der Waals surface area contributed by atoms with Gasteiger partial charge >= 0.3 is 5.97 Å². The molecule has 0 saturated heterocycles. The minimum Gasteiger partial charge on any atom is -0.508 e. The zero-order chi connectivity index (χ0) is 40.9. The molecular formula is C39H34Br4ClNO9S. The third-order valence-corrected chi connectivity index (χ3v) is 11.4. The molecule has 0 atom stereocenters. The van der Waals surface area contributed by atoms with Gasteiger partial charge in [-0.3, -0.25) is 4.79 Å². The lowest BCUT2D eigenvalue weighted by Gasteiger charge is -2.15. The number of rotatable bonds is 11. The maximum Gasteiger partial charge on any atom is 0.335 e. The van der Waals surface area contributed by atoms with Crippen LogP contribution in [0.1, 0.15) is 76.9 Å². The Balaban J connectivity index is 0.000000258. The number of carbonyl (C=O) groups is 2. The van der Waals surface area contributed by atoms with Gasteiger partial charge in [0.25, 0.3) is 0 Å². The highest BCUT2D eigenvalue weighted by Crippen LogP contribution is 2.41. The van der Waals surface area contributed by atoms with E-state index in [-0.39, 0.29) is 44.2 Å². The van der Waals surface area contributed by atoms with Crippen LogP contribution in [0.5, 0.6) is 34.5 Å². The van der Waals surface area contributed by atoms with Gasteiger partial charge in [0.05, 0.1) is 35.5 Å². The molecule has 10 nitrogen and oxygen atoms in total. The predicted molar refractivity (Wildman–Crippen MR) is 226 cm³/mol. The van der Waals surface area contributed by atoms with Gasteiger partial charge in [-0.25, -0.2) is 18.4 Å². The molecule has 0 aliphatic rings. The van der Waals surface area contributed by atoms with Crippen molar-refractivity contribution in [2.75, 3.05) is 7.11 Å². The molecule has 0 aliphatic carbocycles. The van der Waals surface area contributed by atoms with Crippen molar-refractivity contribution >= 4 is 97.1 Å². The highest BCUT2D eigenvalue weighted by atomic mass is 79.9. The third-order valence-electron chi connectivity index (χ3n) is 7.88. The van der Waals surface area contributed by atoms with Gasteiger partial charge in [-0.05, 0) is 154 Å². The Morgan fingerprint density at radius 2 is 1.18 bits per heavy atom. The van der Waals surface area contributed by atoms with Crippen LogP contribution in [0.25, 0.3) is 0 Å². The number of halogens is 5. The minimum absolute atomic E-state index is 0.0937. The largest absolute Gasteiger partial charge is 0.508 e. The van der Waals surface area contributed by atoms with Gasteiger partial charge in [0.2, 0.25) is 10.0 Å². The second-order valence-electron chi connectivity index (χ2n) is 12.5. The summed E-state index contributed by atoms with van der Waals surface area (Å²) in [4.78, 5) is 23.9. The second-order valence-corrected chi connectivity index (χ2v) is 17.9. The van der Waals surface area contributed by atoms with Crippen LogP contribution in [0.2, 0.25) is 5.02 Å². The Kier molecular flexibility index (Phi) is 15.0. The molecule has 0 amide bonds. The Morgan fingerprint density at radius 3 is 1.64 bits per heavy atom. The number of carboxylic acid groups (broad SMARTS) is 1. The van der Waals surface area contributed by atoms with Crippen molar-refractivity contribution in [3.05, 3.63) is 130 Å². The lowest BCUT2D eigenvalue weighted by molar-refractivity contribution is 0.0696. The van der Waals surface area contributed by atoms with Crippen molar-refractivity contribution in [2.45, 2.75) is 44.4 Å². The maximum atomic E-state index is 13.1. The van der Waals surface area contributed by atoms with Gasteiger partial charge in [0.15, 0.2) is 17.3 Å². The number of ketones is 1. The summed E-state index contributed by atoms with van der Waals surface area (Å²) in [5.74, 6) is 1.88. The van der Waals surface area contributed by atoms with Crippen LogP contribution in [-0.2, 0) is 10.0 Å². The number of aromatic hydroxyl groups is 1. The van der Waals surface area contributed by atoms with Crippen LogP contribution in [-0.4, -0.2) is 37.5 Å². The van der Waals surface area contributed by atoms with E-state index in [0.29, 0.717) is 40.9 Å². The predicted octanol–water partition coefficient (Wildman–Crippen LogP) is 12.2. The number of sulfonamides is 1. The number of primary sulfonamides is 1. The molecule has 0 saturated carbocycles. The molecule has 0 unspecified atom stereocenters. The molecule has 5 rings (SSSR count). The molecule has 290 valence electrons. The summed E-state index contributed by atoms with van der Waals surface area (Å²) >= 11 is 19.5. The number of aromatic carboxylic acids is 1. The molecule has 4 N–H and O–H groups in total. The van der Waals surface area contributed by atoms with Crippen molar-refractivity contribution in [3.63, 3.8) is 0 Å². The number of carboxylic acids is 1. The van der Waals surface area contributed by atoms with E-state index in [9.17, 15) is 23.1 Å². The van der Waals surface area contributed by atoms with Crippen molar-refractivity contribution in [1.82, 2.24) is 0 Å². The first-order valence-electron chi connectivity index (χ1n) is 16.2. The van der Waals surface area contributed by atoms with E-state index in [1.54, 1.807) is 25.3 Å². The smallest absolute Gasteiger partial charge is 0.335 e. The average Bonchev–Trinajstić information content (AvgIpc) is 3.10.